The molecule has 1 saturated heterocycles. The summed E-state index contributed by atoms with van der Waals surface area (Å²) in [5.74, 6) is -0.999. The smallest absolute Gasteiger partial charge is 0.346 e. The Morgan fingerprint density at radius 3 is 2.96 bits per heavy atom. The molecule has 0 aromatic carbocycles. The number of hydrogen-bond donors (Lipinski definition) is 1. The lowest BCUT2D eigenvalue weighted by molar-refractivity contribution is -0.140. The quantitative estimate of drug-likeness (QED) is 0.852. The lowest BCUT2D eigenvalue weighted by Crippen LogP contribution is -2.39. The van der Waals surface area contributed by atoms with E-state index in [0.717, 1.165) is 17.7 Å². The molecule has 0 saturated carbocycles. The number of likely N-dealkylation sites (tertiary alicyclic amines) is 1. The Hall–Kier alpha value is -2.35. The normalized spacial score (nSPS) is 18.6. The first kappa shape index (κ1) is 16.5. The van der Waals surface area contributed by atoms with E-state index in [1.165, 1.54) is 0 Å². The zero-order chi connectivity index (χ0) is 17.3. The van der Waals surface area contributed by atoms with Crippen molar-refractivity contribution in [3.05, 3.63) is 33.6 Å². The number of nitrogens with two attached hydrogens (primary N) is 1. The molecule has 3 heterocycles. The Labute approximate surface area is 143 Å². The van der Waals surface area contributed by atoms with Crippen LogP contribution in [0.3, 0.4) is 0 Å². The number of hydrogen-bond acceptors (Lipinski definition) is 7. The summed E-state index contributed by atoms with van der Waals surface area (Å²) in [6.45, 7) is 3.83. The number of carbonyl (C=O) groups is 2. The highest BCUT2D eigenvalue weighted by Gasteiger charge is 2.35. The molecule has 2 atom stereocenters. The van der Waals surface area contributed by atoms with E-state index in [-0.39, 0.29) is 23.4 Å². The Morgan fingerprint density at radius 1 is 1.54 bits per heavy atom. The third kappa shape index (κ3) is 3.01. The van der Waals surface area contributed by atoms with E-state index in [1.54, 1.807) is 30.1 Å². The SMILES string of the molecule is Cc1noc(N)c1C(=O)O[C@H](C)C(=O)N1CCC[C@H]1c1cccs1. The molecule has 2 aromatic rings. The molecule has 2 aromatic heterocycles. The number of anilines is 1. The number of amides is 1. The van der Waals surface area contributed by atoms with Crippen molar-refractivity contribution in [2.45, 2.75) is 38.8 Å². The number of rotatable bonds is 4. The van der Waals surface area contributed by atoms with Crippen molar-refractivity contribution in [1.29, 1.82) is 0 Å². The van der Waals surface area contributed by atoms with Crippen LogP contribution in [0.2, 0.25) is 0 Å². The third-order valence-electron chi connectivity index (χ3n) is 4.13. The fourth-order valence-corrected chi connectivity index (χ4v) is 3.82. The van der Waals surface area contributed by atoms with Gasteiger partial charge in [-0.05, 0) is 38.1 Å². The van der Waals surface area contributed by atoms with E-state index < -0.39 is 12.1 Å². The number of nitrogen functional groups attached to an aromatic ring is 1. The highest BCUT2D eigenvalue weighted by atomic mass is 32.1. The van der Waals surface area contributed by atoms with E-state index in [4.69, 9.17) is 15.0 Å². The number of nitrogens with zero attached hydrogens (tertiary/aromatic N) is 2. The number of aromatic nitrogens is 1. The number of carbonyl (C=O) groups excluding carboxylic acids is 2. The summed E-state index contributed by atoms with van der Waals surface area (Å²) in [6, 6.07) is 4.06. The van der Waals surface area contributed by atoms with Crippen LogP contribution in [0.25, 0.3) is 0 Å². The van der Waals surface area contributed by atoms with Crippen LogP contribution in [0.15, 0.2) is 22.0 Å². The molecule has 8 heteroatoms. The second-order valence-electron chi connectivity index (χ2n) is 5.76. The monoisotopic (exact) mass is 349 g/mol. The highest BCUT2D eigenvalue weighted by Crippen LogP contribution is 2.35. The van der Waals surface area contributed by atoms with Gasteiger partial charge < -0.3 is 19.9 Å². The maximum Gasteiger partial charge on any atom is 0.346 e. The van der Waals surface area contributed by atoms with Crippen molar-refractivity contribution in [1.82, 2.24) is 10.1 Å². The van der Waals surface area contributed by atoms with Crippen LogP contribution < -0.4 is 5.73 Å². The maximum atomic E-state index is 12.7. The van der Waals surface area contributed by atoms with Gasteiger partial charge in [-0.15, -0.1) is 11.3 Å². The minimum absolute atomic E-state index is 0.0565. The van der Waals surface area contributed by atoms with Gasteiger partial charge in [0.2, 0.25) is 5.88 Å². The van der Waals surface area contributed by atoms with Gasteiger partial charge in [0.05, 0.1) is 11.7 Å². The van der Waals surface area contributed by atoms with Gasteiger partial charge in [0.15, 0.2) is 6.10 Å². The van der Waals surface area contributed by atoms with Crippen LogP contribution in [0.5, 0.6) is 0 Å². The molecule has 0 radical (unpaired) electrons. The van der Waals surface area contributed by atoms with Crippen LogP contribution in [0, 0.1) is 6.92 Å². The summed E-state index contributed by atoms with van der Waals surface area (Å²) < 4.78 is 10.0. The number of esters is 1. The van der Waals surface area contributed by atoms with E-state index in [2.05, 4.69) is 5.16 Å². The van der Waals surface area contributed by atoms with Crippen LogP contribution >= 0.6 is 11.3 Å². The molecule has 24 heavy (non-hydrogen) atoms. The standard InChI is InChI=1S/C16H19N3O4S/c1-9-13(14(17)23-18-9)16(21)22-10(2)15(20)19-7-3-5-11(19)12-6-4-8-24-12/h4,6,8,10-11H,3,5,7,17H2,1-2H3/t10-,11+/m1/s1. The van der Waals surface area contributed by atoms with Gasteiger partial charge in [0.25, 0.3) is 5.91 Å². The molecule has 1 fully saturated rings. The minimum Gasteiger partial charge on any atom is -0.449 e. The second kappa shape index (κ2) is 6.64. The van der Waals surface area contributed by atoms with Gasteiger partial charge in [-0.3, -0.25) is 4.79 Å². The summed E-state index contributed by atoms with van der Waals surface area (Å²) in [5, 5.41) is 5.62. The summed E-state index contributed by atoms with van der Waals surface area (Å²) >= 11 is 1.63. The van der Waals surface area contributed by atoms with Gasteiger partial charge in [-0.2, -0.15) is 0 Å². The number of ether oxygens (including phenoxy) is 1. The van der Waals surface area contributed by atoms with Crippen molar-refractivity contribution >= 4 is 29.1 Å². The van der Waals surface area contributed by atoms with Gasteiger partial charge >= 0.3 is 5.97 Å². The first-order valence-corrected chi connectivity index (χ1v) is 8.63. The zero-order valence-electron chi connectivity index (χ0n) is 13.5. The van der Waals surface area contributed by atoms with Crippen molar-refractivity contribution in [2.75, 3.05) is 12.3 Å². The molecule has 0 aliphatic carbocycles. The largest absolute Gasteiger partial charge is 0.449 e. The van der Waals surface area contributed by atoms with Crippen molar-refractivity contribution in [3.63, 3.8) is 0 Å². The molecule has 0 bridgehead atoms. The molecular formula is C16H19N3O4S. The summed E-state index contributed by atoms with van der Waals surface area (Å²) in [7, 11) is 0. The van der Waals surface area contributed by atoms with Crippen molar-refractivity contribution in [3.8, 4) is 0 Å². The topological polar surface area (TPSA) is 98.7 Å². The van der Waals surface area contributed by atoms with Crippen LogP contribution in [-0.4, -0.2) is 34.6 Å². The lowest BCUT2D eigenvalue weighted by atomic mass is 10.2. The Balaban J connectivity index is 1.69. The molecule has 2 N–H and O–H groups in total. The maximum absolute atomic E-state index is 12.7. The second-order valence-corrected chi connectivity index (χ2v) is 6.74. The molecular weight excluding hydrogens is 330 g/mol. The highest BCUT2D eigenvalue weighted by molar-refractivity contribution is 7.10. The molecule has 128 valence electrons. The minimum atomic E-state index is -0.897. The molecule has 7 nitrogen and oxygen atoms in total. The molecule has 3 rings (SSSR count). The van der Waals surface area contributed by atoms with Crippen LogP contribution in [0.1, 0.15) is 46.7 Å². The molecule has 0 unspecified atom stereocenters. The average Bonchev–Trinajstić information content (AvgIpc) is 3.26. The molecule has 1 amide bonds. The van der Waals surface area contributed by atoms with Crippen molar-refractivity contribution in [2.24, 2.45) is 0 Å². The molecule has 1 aliphatic rings. The lowest BCUT2D eigenvalue weighted by Gasteiger charge is -2.26. The van der Waals surface area contributed by atoms with Crippen LogP contribution in [0.4, 0.5) is 5.88 Å². The van der Waals surface area contributed by atoms with Crippen molar-refractivity contribution < 1.29 is 18.8 Å². The Bertz CT molecular complexity index is 721. The van der Waals surface area contributed by atoms with E-state index in [1.807, 2.05) is 17.5 Å². The van der Waals surface area contributed by atoms with Gasteiger partial charge in [-0.25, -0.2) is 4.79 Å². The van der Waals surface area contributed by atoms with E-state index in [9.17, 15) is 9.59 Å². The summed E-state index contributed by atoms with van der Waals surface area (Å²) in [4.78, 5) is 27.9. The van der Waals surface area contributed by atoms with Gasteiger partial charge in [0, 0.05) is 11.4 Å². The number of thiophene rings is 1. The van der Waals surface area contributed by atoms with E-state index >= 15 is 0 Å². The molecule has 1 aliphatic heterocycles. The number of aryl methyl sites for hydroxylation is 1. The first-order chi connectivity index (χ1) is 11.5. The zero-order valence-corrected chi connectivity index (χ0v) is 14.3. The summed E-state index contributed by atoms with van der Waals surface area (Å²) in [5.41, 5.74) is 6.00. The first-order valence-electron chi connectivity index (χ1n) is 7.75. The molecule has 0 spiro atoms. The summed E-state index contributed by atoms with van der Waals surface area (Å²) in [6.07, 6.45) is 0.962. The Morgan fingerprint density at radius 2 is 2.33 bits per heavy atom. The fourth-order valence-electron chi connectivity index (χ4n) is 2.95. The average molecular weight is 349 g/mol. The predicted octanol–water partition coefficient (Wildman–Crippen LogP) is 2.54. The van der Waals surface area contributed by atoms with Gasteiger partial charge in [0.1, 0.15) is 5.56 Å². The third-order valence-corrected chi connectivity index (χ3v) is 5.11. The van der Waals surface area contributed by atoms with Crippen LogP contribution in [-0.2, 0) is 9.53 Å². The fraction of sp³-hybridized carbons (Fsp3) is 0.438. The van der Waals surface area contributed by atoms with Gasteiger partial charge in [-0.1, -0.05) is 11.2 Å². The Kier molecular flexibility index (Phi) is 4.57. The predicted molar refractivity (Wildman–Crippen MR) is 88.5 cm³/mol. The van der Waals surface area contributed by atoms with E-state index in [0.29, 0.717) is 12.2 Å².